The number of ether oxygens (including phenoxy) is 3. The first-order valence-corrected chi connectivity index (χ1v) is 24.9. The fourth-order valence-corrected chi connectivity index (χ4v) is 16.4. The standard InChI is InChI=1S/C30H34ClNO7.C23H31ClO4/c1-17(33)30(39-18(2)34)14-11-24-22-16-26(31)25-15-21(9-12-28(25,3)23(22)10-13-29(24,30)4)38-27(35)19-5-7-20(8-6-19)32(36)37;1-13(25)23(28-14(2)26)10-7-18-16-12-20(24)19-11-15(27)5-8-21(19,3)17(16)6-9-22(18,23)4/h5-8,15-16,21-24H,9-14H2,1-4H3;11-12,15-18,27H,5-10H2,1-4H3/t21-,22-,23+,24+,28-,29+,30+;15-,16-,17+,18+,21-,22+,23+/m11/s1. The van der Waals surface area contributed by atoms with E-state index in [1.165, 1.54) is 45.0 Å². The Morgan fingerprint density at radius 1 is 0.612 bits per heavy atom. The molecule has 0 amide bonds. The summed E-state index contributed by atoms with van der Waals surface area (Å²) in [6, 6.07) is 5.37. The van der Waals surface area contributed by atoms with E-state index in [0.717, 1.165) is 74.0 Å². The van der Waals surface area contributed by atoms with Crippen LogP contribution in [0.3, 0.4) is 0 Å². The van der Waals surface area contributed by atoms with Gasteiger partial charge in [0, 0.05) is 46.9 Å². The van der Waals surface area contributed by atoms with Crippen LogP contribution in [-0.2, 0) is 33.4 Å². The lowest BCUT2D eigenvalue weighted by Crippen LogP contribution is -2.58. The van der Waals surface area contributed by atoms with Crippen LogP contribution < -0.4 is 0 Å². The molecule has 1 N–H and O–H groups in total. The van der Waals surface area contributed by atoms with Crippen molar-refractivity contribution in [2.24, 2.45) is 57.2 Å². The molecule has 0 aliphatic heterocycles. The molecule has 0 heterocycles. The summed E-state index contributed by atoms with van der Waals surface area (Å²) in [6.45, 7) is 14.7. The fraction of sp³-hybridized carbons (Fsp3) is 0.642. The first-order valence-electron chi connectivity index (χ1n) is 24.1. The number of allylic oxidation sites excluding steroid dienone is 6. The Bertz CT molecular complexity index is 2410. The first kappa shape index (κ1) is 49.3. The van der Waals surface area contributed by atoms with Gasteiger partial charge < -0.3 is 19.3 Å². The van der Waals surface area contributed by atoms with Crippen LogP contribution in [0.1, 0.15) is 143 Å². The second-order valence-corrected chi connectivity index (χ2v) is 22.8. The number of rotatable bonds is 7. The highest BCUT2D eigenvalue weighted by Gasteiger charge is 2.69. The number of nitro groups is 1. The number of ketones is 2. The van der Waals surface area contributed by atoms with Gasteiger partial charge in [-0.2, -0.15) is 0 Å². The van der Waals surface area contributed by atoms with Crippen molar-refractivity contribution in [3.05, 3.63) is 85.5 Å². The molecule has 12 nitrogen and oxygen atoms in total. The molecule has 0 unspecified atom stereocenters. The zero-order valence-electron chi connectivity index (χ0n) is 40.0. The summed E-state index contributed by atoms with van der Waals surface area (Å²) in [4.78, 5) is 72.8. The number of aliphatic hydroxyl groups excluding tert-OH is 1. The Kier molecular flexibility index (Phi) is 12.8. The van der Waals surface area contributed by atoms with E-state index in [0.29, 0.717) is 36.1 Å². The maximum absolute atomic E-state index is 13.0. The maximum Gasteiger partial charge on any atom is 0.338 e. The van der Waals surface area contributed by atoms with Gasteiger partial charge in [0.25, 0.3) is 5.69 Å². The number of aliphatic hydroxyl groups is 1. The van der Waals surface area contributed by atoms with Gasteiger partial charge in [-0.15, -0.1) is 0 Å². The molecular weight excluding hydrogens is 897 g/mol. The lowest BCUT2D eigenvalue weighted by molar-refractivity contribution is -0.384. The number of hydrogen-bond donors (Lipinski definition) is 1. The normalized spacial score (nSPS) is 41.2. The highest BCUT2D eigenvalue weighted by molar-refractivity contribution is 6.32. The Morgan fingerprint density at radius 3 is 1.48 bits per heavy atom. The first-order chi connectivity index (χ1) is 31.4. The third-order valence-corrected chi connectivity index (χ3v) is 19.6. The van der Waals surface area contributed by atoms with E-state index < -0.39 is 45.7 Å². The van der Waals surface area contributed by atoms with Crippen molar-refractivity contribution in [3.63, 3.8) is 0 Å². The number of carbonyl (C=O) groups excluding carboxylic acids is 5. The van der Waals surface area contributed by atoms with Gasteiger partial charge in [0.2, 0.25) is 0 Å². The number of nitro benzene ring substituents is 1. The predicted octanol–water partition coefficient (Wildman–Crippen LogP) is 10.9. The average molecular weight is 963 g/mol. The zero-order chi connectivity index (χ0) is 48.8. The minimum atomic E-state index is -1.10. The number of Topliss-reactive ketones (excluding diaryl/α,β-unsaturated/α-hetero) is 2. The van der Waals surface area contributed by atoms with Crippen molar-refractivity contribution in [3.8, 4) is 0 Å². The zero-order valence-corrected chi connectivity index (χ0v) is 41.5. The monoisotopic (exact) mass is 961 g/mol. The summed E-state index contributed by atoms with van der Waals surface area (Å²) in [5, 5.41) is 22.4. The van der Waals surface area contributed by atoms with Crippen LogP contribution >= 0.6 is 23.2 Å². The van der Waals surface area contributed by atoms with Crippen LogP contribution in [-0.4, -0.2) is 62.9 Å². The van der Waals surface area contributed by atoms with E-state index in [2.05, 4.69) is 39.8 Å². The third-order valence-electron chi connectivity index (χ3n) is 18.9. The van der Waals surface area contributed by atoms with Crippen molar-refractivity contribution in [2.45, 2.75) is 156 Å². The molecule has 9 rings (SSSR count). The number of non-ortho nitro benzene ring substituents is 1. The summed E-state index contributed by atoms with van der Waals surface area (Å²) in [6.07, 6.45) is 16.7. The smallest absolute Gasteiger partial charge is 0.338 e. The van der Waals surface area contributed by atoms with E-state index >= 15 is 0 Å². The highest BCUT2D eigenvalue weighted by Crippen LogP contribution is 2.70. The molecule has 8 aliphatic rings. The molecule has 14 atom stereocenters. The molecule has 362 valence electrons. The molecule has 0 aromatic heterocycles. The van der Waals surface area contributed by atoms with Gasteiger partial charge in [0.15, 0.2) is 22.8 Å². The van der Waals surface area contributed by atoms with Gasteiger partial charge in [-0.1, -0.05) is 69.1 Å². The molecule has 1 aromatic rings. The van der Waals surface area contributed by atoms with Crippen LogP contribution in [0, 0.1) is 67.3 Å². The highest BCUT2D eigenvalue weighted by atomic mass is 35.5. The summed E-state index contributed by atoms with van der Waals surface area (Å²) in [5.41, 5.74) is -0.964. The van der Waals surface area contributed by atoms with Gasteiger partial charge in [-0.25, -0.2) is 4.79 Å². The molecule has 0 saturated heterocycles. The van der Waals surface area contributed by atoms with Crippen LogP contribution in [0.4, 0.5) is 5.69 Å². The predicted molar refractivity (Wildman–Crippen MR) is 251 cm³/mol. The quantitative estimate of drug-likeness (QED) is 0.119. The van der Waals surface area contributed by atoms with Crippen LogP contribution in [0.15, 0.2) is 69.8 Å². The Labute approximate surface area is 403 Å². The number of esters is 3. The van der Waals surface area contributed by atoms with Crippen molar-refractivity contribution in [1.82, 2.24) is 0 Å². The topological polar surface area (TPSA) is 176 Å². The van der Waals surface area contributed by atoms with Crippen molar-refractivity contribution in [1.29, 1.82) is 0 Å². The van der Waals surface area contributed by atoms with Crippen LogP contribution in [0.25, 0.3) is 0 Å². The maximum atomic E-state index is 13.0. The number of hydrogen-bond acceptors (Lipinski definition) is 11. The molecule has 4 saturated carbocycles. The average Bonchev–Trinajstić information content (AvgIpc) is 3.73. The minimum Gasteiger partial charge on any atom is -0.455 e. The van der Waals surface area contributed by atoms with Gasteiger partial charge in [-0.3, -0.25) is 29.3 Å². The molecule has 14 heteroatoms. The van der Waals surface area contributed by atoms with Gasteiger partial charge in [-0.05, 0) is 167 Å². The molecule has 0 radical (unpaired) electrons. The molecule has 4 fully saturated rings. The van der Waals surface area contributed by atoms with Crippen molar-refractivity contribution < 1.29 is 48.2 Å². The molecule has 67 heavy (non-hydrogen) atoms. The largest absolute Gasteiger partial charge is 0.455 e. The van der Waals surface area contributed by atoms with Gasteiger partial charge in [0.1, 0.15) is 6.10 Å². The van der Waals surface area contributed by atoms with E-state index in [1.54, 1.807) is 6.92 Å². The molecule has 0 spiro atoms. The number of halogens is 2. The number of carbonyl (C=O) groups is 5. The lowest BCUT2D eigenvalue weighted by atomic mass is 9.48. The number of fused-ring (bicyclic) bond motifs is 10. The Balaban J connectivity index is 0.000000192. The van der Waals surface area contributed by atoms with Crippen LogP contribution in [0.2, 0.25) is 0 Å². The van der Waals surface area contributed by atoms with Crippen LogP contribution in [0.5, 0.6) is 0 Å². The molecule has 1 aromatic carbocycles. The summed E-state index contributed by atoms with van der Waals surface area (Å²) in [5.74, 6) is 0.101. The summed E-state index contributed by atoms with van der Waals surface area (Å²) < 4.78 is 17.4. The SMILES string of the molecule is CC(=O)O[C@]1(C(C)=O)CC[C@H]2[C@@H]3C=C(Cl)C4=C[C@H](O)CC[C@]4(C)[C@H]3CC[C@@]21C.CC(=O)O[C@]1(C(C)=O)CC[C@H]2[C@@H]3C=C(Cl)C4=C[C@H](OC(=O)c5ccc([N+](=O)[O-])cc5)CC[C@]4(C)[C@H]3CC[C@@]21C. The third kappa shape index (κ3) is 7.69. The van der Waals surface area contributed by atoms with Gasteiger partial charge in [0.05, 0.1) is 16.6 Å². The summed E-state index contributed by atoms with van der Waals surface area (Å²) in [7, 11) is 0. The number of nitrogens with zero attached hydrogens (tertiary/aromatic N) is 1. The van der Waals surface area contributed by atoms with E-state index in [4.69, 9.17) is 37.4 Å². The fourth-order valence-electron chi connectivity index (χ4n) is 15.6. The second-order valence-electron chi connectivity index (χ2n) is 21.9. The lowest BCUT2D eigenvalue weighted by Gasteiger charge is -2.58. The minimum absolute atomic E-state index is 0.0374. The molecule has 8 aliphatic carbocycles. The van der Waals surface area contributed by atoms with Crippen molar-refractivity contribution in [2.75, 3.05) is 0 Å². The summed E-state index contributed by atoms with van der Waals surface area (Å²) >= 11 is 13.7. The number of benzene rings is 1. The van der Waals surface area contributed by atoms with Gasteiger partial charge >= 0.3 is 17.9 Å². The molecule has 0 bridgehead atoms. The van der Waals surface area contributed by atoms with E-state index in [1.807, 2.05) is 12.2 Å². The molecular formula is C53H65Cl2NO11. The van der Waals surface area contributed by atoms with E-state index in [-0.39, 0.29) is 68.7 Å². The Hall–Kier alpha value is -4.13. The van der Waals surface area contributed by atoms with E-state index in [9.17, 15) is 39.2 Å². The van der Waals surface area contributed by atoms with Crippen molar-refractivity contribution >= 4 is 58.4 Å². The Morgan fingerprint density at radius 2 is 1.04 bits per heavy atom. The second kappa shape index (κ2) is 17.4.